The first-order chi connectivity index (χ1) is 8.75. The number of nitrogens with zero attached hydrogens (tertiary/aromatic N) is 1. The highest BCUT2D eigenvalue weighted by molar-refractivity contribution is 5.43. The van der Waals surface area contributed by atoms with Gasteiger partial charge in [-0.25, -0.2) is 0 Å². The smallest absolute Gasteiger partial charge is 0.417 e. The number of nitro benzene ring substituents is 1. The van der Waals surface area contributed by atoms with Gasteiger partial charge in [-0.1, -0.05) is 0 Å². The monoisotopic (exact) mass is 281 g/mol. The van der Waals surface area contributed by atoms with Gasteiger partial charge in [-0.2, -0.15) is 13.2 Å². The molecule has 1 rings (SSSR count). The lowest BCUT2D eigenvalue weighted by Gasteiger charge is -2.16. The summed E-state index contributed by atoms with van der Waals surface area (Å²) in [6.45, 7) is -1.70. The summed E-state index contributed by atoms with van der Waals surface area (Å²) < 4.78 is 40.8. The maximum absolute atomic E-state index is 12.0. The first-order valence-corrected chi connectivity index (χ1v) is 5.01. The summed E-state index contributed by atoms with van der Waals surface area (Å²) in [4.78, 5) is 9.76. The van der Waals surface area contributed by atoms with Gasteiger partial charge in [0.15, 0.2) is 6.10 Å². The molecule has 1 aromatic rings. The first kappa shape index (κ1) is 15.2. The molecule has 0 saturated carbocycles. The highest BCUT2D eigenvalue weighted by Crippen LogP contribution is 2.26. The Bertz CT molecular complexity index is 463. The molecule has 2 N–H and O–H groups in total. The van der Waals surface area contributed by atoms with Crippen molar-refractivity contribution in [1.29, 1.82) is 0 Å². The molecule has 1 atom stereocenters. The molecule has 0 aliphatic rings. The minimum atomic E-state index is -4.82. The van der Waals surface area contributed by atoms with E-state index >= 15 is 0 Å². The number of non-ortho nitro benzene ring substituents is 1. The van der Waals surface area contributed by atoms with E-state index in [1.807, 2.05) is 0 Å². The van der Waals surface area contributed by atoms with Gasteiger partial charge in [-0.05, 0) is 6.07 Å². The summed E-state index contributed by atoms with van der Waals surface area (Å²) in [5.74, 6) is -0.156. The highest BCUT2D eigenvalue weighted by Gasteiger charge is 2.38. The van der Waals surface area contributed by atoms with Crippen LogP contribution in [0.15, 0.2) is 18.2 Å². The molecule has 0 fully saturated rings. The van der Waals surface area contributed by atoms with Crippen LogP contribution in [0.1, 0.15) is 5.56 Å². The van der Waals surface area contributed by atoms with E-state index in [1.165, 1.54) is 0 Å². The molecule has 6 nitrogen and oxygen atoms in total. The SMILES string of the molecule is O=[N+]([O-])c1ccc(OCC(O)C(F)(F)F)c(CO)c1. The molecule has 106 valence electrons. The fourth-order valence-electron chi connectivity index (χ4n) is 1.21. The second kappa shape index (κ2) is 5.85. The lowest BCUT2D eigenvalue weighted by Crippen LogP contribution is -2.34. The molecular weight excluding hydrogens is 271 g/mol. The maximum atomic E-state index is 12.0. The van der Waals surface area contributed by atoms with Gasteiger partial charge in [0.25, 0.3) is 5.69 Å². The average molecular weight is 281 g/mol. The quantitative estimate of drug-likeness (QED) is 0.628. The van der Waals surface area contributed by atoms with Crippen LogP contribution in [0.5, 0.6) is 5.75 Å². The molecule has 0 radical (unpaired) electrons. The van der Waals surface area contributed by atoms with Crippen LogP contribution >= 0.6 is 0 Å². The number of aliphatic hydroxyl groups is 2. The summed E-state index contributed by atoms with van der Waals surface area (Å²) in [7, 11) is 0. The van der Waals surface area contributed by atoms with Crippen LogP contribution in [0.3, 0.4) is 0 Å². The van der Waals surface area contributed by atoms with E-state index in [2.05, 4.69) is 0 Å². The number of hydrogen-bond donors (Lipinski definition) is 2. The van der Waals surface area contributed by atoms with Crippen molar-refractivity contribution in [2.75, 3.05) is 6.61 Å². The predicted molar refractivity (Wildman–Crippen MR) is 56.6 cm³/mol. The Morgan fingerprint density at radius 1 is 1.42 bits per heavy atom. The predicted octanol–water partition coefficient (Wildman–Crippen LogP) is 1.39. The topological polar surface area (TPSA) is 92.8 Å². The minimum absolute atomic E-state index is 0.0384. The fourth-order valence-corrected chi connectivity index (χ4v) is 1.21. The van der Waals surface area contributed by atoms with Crippen molar-refractivity contribution in [3.8, 4) is 5.75 Å². The van der Waals surface area contributed by atoms with Gasteiger partial charge in [0.1, 0.15) is 12.4 Å². The maximum Gasteiger partial charge on any atom is 0.417 e. The van der Waals surface area contributed by atoms with E-state index in [1.54, 1.807) is 0 Å². The number of rotatable bonds is 5. The van der Waals surface area contributed by atoms with E-state index in [4.69, 9.17) is 14.9 Å². The van der Waals surface area contributed by atoms with Gasteiger partial charge in [-0.3, -0.25) is 10.1 Å². The highest BCUT2D eigenvalue weighted by atomic mass is 19.4. The molecule has 0 aromatic heterocycles. The summed E-state index contributed by atoms with van der Waals surface area (Å²) >= 11 is 0. The lowest BCUT2D eigenvalue weighted by atomic mass is 10.2. The van der Waals surface area contributed by atoms with Crippen molar-refractivity contribution in [1.82, 2.24) is 0 Å². The summed E-state index contributed by atoms with van der Waals surface area (Å²) in [6, 6.07) is 3.07. The van der Waals surface area contributed by atoms with Crippen LogP contribution in [0, 0.1) is 10.1 Å². The second-order valence-corrected chi connectivity index (χ2v) is 3.58. The zero-order valence-corrected chi connectivity index (χ0v) is 9.42. The third kappa shape index (κ3) is 4.07. The number of ether oxygens (including phenoxy) is 1. The van der Waals surface area contributed by atoms with Crippen LogP contribution in [0.25, 0.3) is 0 Å². The molecule has 0 amide bonds. The Kier molecular flexibility index (Phi) is 4.67. The molecule has 0 aliphatic heterocycles. The van der Waals surface area contributed by atoms with E-state index in [0.29, 0.717) is 0 Å². The molecule has 1 aromatic carbocycles. The summed E-state index contributed by atoms with van der Waals surface area (Å²) in [5.41, 5.74) is -0.364. The van der Waals surface area contributed by atoms with Gasteiger partial charge in [0.05, 0.1) is 11.5 Å². The van der Waals surface area contributed by atoms with Crippen LogP contribution in [-0.2, 0) is 6.61 Å². The Labute approximate surface area is 105 Å². The standard InChI is InChI=1S/C10H10F3NO5/c11-10(12,13)9(16)5-19-8-2-1-7(14(17)18)3-6(8)4-15/h1-3,9,15-16H,4-5H2. The van der Waals surface area contributed by atoms with Crippen molar-refractivity contribution in [3.63, 3.8) is 0 Å². The zero-order valence-electron chi connectivity index (χ0n) is 9.42. The molecule has 0 heterocycles. The van der Waals surface area contributed by atoms with Crippen molar-refractivity contribution >= 4 is 5.69 Å². The third-order valence-electron chi connectivity index (χ3n) is 2.20. The van der Waals surface area contributed by atoms with Gasteiger partial charge in [-0.15, -0.1) is 0 Å². The molecule has 0 bridgehead atoms. The number of benzene rings is 1. The summed E-state index contributed by atoms with van der Waals surface area (Å²) in [6.07, 6.45) is -7.49. The molecule has 9 heteroatoms. The molecule has 0 saturated heterocycles. The van der Waals surface area contributed by atoms with Crippen LogP contribution in [0.4, 0.5) is 18.9 Å². The molecular formula is C10H10F3NO5. The zero-order chi connectivity index (χ0) is 14.6. The molecule has 0 spiro atoms. The average Bonchev–Trinajstić information content (AvgIpc) is 2.34. The normalized spacial score (nSPS) is 13.1. The number of halogens is 3. The first-order valence-electron chi connectivity index (χ1n) is 5.01. The van der Waals surface area contributed by atoms with Gasteiger partial charge in [0.2, 0.25) is 0 Å². The lowest BCUT2D eigenvalue weighted by molar-refractivity contribution is -0.385. The number of nitro groups is 1. The van der Waals surface area contributed by atoms with Crippen molar-refractivity contribution in [3.05, 3.63) is 33.9 Å². The van der Waals surface area contributed by atoms with Crippen molar-refractivity contribution in [2.24, 2.45) is 0 Å². The molecule has 19 heavy (non-hydrogen) atoms. The van der Waals surface area contributed by atoms with Crippen molar-refractivity contribution < 1.29 is 33.0 Å². The molecule has 1 unspecified atom stereocenters. The third-order valence-corrected chi connectivity index (χ3v) is 2.20. The van der Waals surface area contributed by atoms with E-state index in [-0.39, 0.29) is 17.0 Å². The van der Waals surface area contributed by atoms with Gasteiger partial charge >= 0.3 is 6.18 Å². The largest absolute Gasteiger partial charge is 0.490 e. The number of hydrogen-bond acceptors (Lipinski definition) is 5. The van der Waals surface area contributed by atoms with Crippen LogP contribution in [0.2, 0.25) is 0 Å². The second-order valence-electron chi connectivity index (χ2n) is 3.58. The Morgan fingerprint density at radius 2 is 2.05 bits per heavy atom. The fraction of sp³-hybridized carbons (Fsp3) is 0.400. The van der Waals surface area contributed by atoms with E-state index in [9.17, 15) is 23.3 Å². The van der Waals surface area contributed by atoms with Crippen LogP contribution < -0.4 is 4.74 Å². The van der Waals surface area contributed by atoms with Crippen molar-refractivity contribution in [2.45, 2.75) is 18.9 Å². The minimum Gasteiger partial charge on any atom is -0.490 e. The van der Waals surface area contributed by atoms with Gasteiger partial charge < -0.3 is 14.9 Å². The Morgan fingerprint density at radius 3 is 2.53 bits per heavy atom. The molecule has 0 aliphatic carbocycles. The number of alkyl halides is 3. The number of aliphatic hydroxyl groups excluding tert-OH is 2. The van der Waals surface area contributed by atoms with E-state index in [0.717, 1.165) is 18.2 Å². The van der Waals surface area contributed by atoms with Crippen LogP contribution in [-0.4, -0.2) is 34.0 Å². The Hall–Kier alpha value is -1.87. The Balaban J connectivity index is 2.82. The van der Waals surface area contributed by atoms with Gasteiger partial charge in [0, 0.05) is 17.7 Å². The van der Waals surface area contributed by atoms with E-state index < -0.39 is 30.4 Å². The summed E-state index contributed by atoms with van der Waals surface area (Å²) in [5, 5.41) is 28.2.